The third-order valence-electron chi connectivity index (χ3n) is 3.59. The van der Waals surface area contributed by atoms with Gasteiger partial charge in [-0.2, -0.15) is 0 Å². The summed E-state index contributed by atoms with van der Waals surface area (Å²) in [6.07, 6.45) is 0. The second kappa shape index (κ2) is 6.63. The van der Waals surface area contributed by atoms with Gasteiger partial charge in [-0.1, -0.05) is 39.7 Å². The number of halogens is 2. The maximum absolute atomic E-state index is 12.3. The van der Waals surface area contributed by atoms with E-state index >= 15 is 0 Å². The molecule has 0 unspecified atom stereocenters. The van der Waals surface area contributed by atoms with Crippen molar-refractivity contribution in [1.29, 1.82) is 0 Å². The fourth-order valence-corrected chi connectivity index (χ4v) is 3.69. The Hall–Kier alpha value is -2.15. The Kier molecular flexibility index (Phi) is 4.33. The van der Waals surface area contributed by atoms with E-state index in [0.717, 1.165) is 15.5 Å². The fraction of sp³-hybridized carbons (Fsp3) is 0. The second-order valence-corrected chi connectivity index (χ2v) is 7.45. The summed E-state index contributed by atoms with van der Waals surface area (Å²) in [5, 5.41) is 7.06. The molecule has 4 nitrogen and oxygen atoms in total. The van der Waals surface area contributed by atoms with Crippen LogP contribution in [0.4, 0.5) is 10.8 Å². The number of aromatic nitrogens is 1. The molecule has 124 valence electrons. The number of anilines is 2. The van der Waals surface area contributed by atoms with Crippen molar-refractivity contribution in [2.24, 2.45) is 0 Å². The van der Waals surface area contributed by atoms with Crippen LogP contribution in [0.3, 0.4) is 0 Å². The second-order valence-electron chi connectivity index (χ2n) is 5.27. The molecule has 2 aromatic carbocycles. The van der Waals surface area contributed by atoms with Gasteiger partial charge in [0.25, 0.3) is 0 Å². The number of thiazole rings is 1. The average molecular weight is 434 g/mol. The Morgan fingerprint density at radius 3 is 2.84 bits per heavy atom. The van der Waals surface area contributed by atoms with Crippen LogP contribution in [0.1, 0.15) is 0 Å². The van der Waals surface area contributed by atoms with E-state index in [1.807, 2.05) is 35.7 Å². The number of hydrogen-bond donors (Lipinski definition) is 1. The summed E-state index contributed by atoms with van der Waals surface area (Å²) in [6, 6.07) is 14.7. The van der Waals surface area contributed by atoms with Crippen LogP contribution in [-0.4, -0.2) is 4.98 Å². The van der Waals surface area contributed by atoms with Crippen molar-refractivity contribution in [3.8, 4) is 11.3 Å². The summed E-state index contributed by atoms with van der Waals surface area (Å²) in [5.74, 6) is 0. The lowest BCUT2D eigenvalue weighted by atomic mass is 10.1. The third-order valence-corrected chi connectivity index (χ3v) is 5.17. The number of hydrogen-bond acceptors (Lipinski definition) is 5. The van der Waals surface area contributed by atoms with E-state index in [1.54, 1.807) is 18.2 Å². The fourth-order valence-electron chi connectivity index (χ4n) is 2.41. The van der Waals surface area contributed by atoms with Crippen molar-refractivity contribution in [1.82, 2.24) is 4.98 Å². The van der Waals surface area contributed by atoms with Gasteiger partial charge in [-0.05, 0) is 36.4 Å². The molecule has 0 bridgehead atoms. The normalized spacial score (nSPS) is 11.0. The molecule has 4 aromatic rings. The van der Waals surface area contributed by atoms with Crippen LogP contribution < -0.4 is 10.9 Å². The van der Waals surface area contributed by atoms with Gasteiger partial charge < -0.3 is 9.73 Å². The van der Waals surface area contributed by atoms with Crippen molar-refractivity contribution < 1.29 is 4.42 Å². The SMILES string of the molecule is O=c1oc2ccc(Br)cc2cc1-c1csc(Nc2ccccc2Cl)n1. The molecule has 25 heavy (non-hydrogen) atoms. The molecule has 0 fully saturated rings. The predicted octanol–water partition coefficient (Wildman–Crippen LogP) is 6.08. The molecular weight excluding hydrogens is 424 g/mol. The molecule has 0 amide bonds. The lowest BCUT2D eigenvalue weighted by Gasteiger charge is -2.04. The lowest BCUT2D eigenvalue weighted by Crippen LogP contribution is -2.03. The smallest absolute Gasteiger partial charge is 0.345 e. The minimum atomic E-state index is -0.413. The van der Waals surface area contributed by atoms with Gasteiger partial charge in [0.1, 0.15) is 5.58 Å². The Morgan fingerprint density at radius 2 is 2.00 bits per heavy atom. The maximum Gasteiger partial charge on any atom is 0.345 e. The van der Waals surface area contributed by atoms with Crippen LogP contribution in [-0.2, 0) is 0 Å². The number of nitrogens with one attached hydrogen (secondary N) is 1. The lowest BCUT2D eigenvalue weighted by molar-refractivity contribution is 0.563. The number of fused-ring (bicyclic) bond motifs is 1. The minimum Gasteiger partial charge on any atom is -0.422 e. The summed E-state index contributed by atoms with van der Waals surface area (Å²) < 4.78 is 6.31. The van der Waals surface area contributed by atoms with Crippen LogP contribution in [0.15, 0.2) is 67.6 Å². The van der Waals surface area contributed by atoms with Crippen LogP contribution in [0, 0.1) is 0 Å². The summed E-state index contributed by atoms with van der Waals surface area (Å²) in [4.78, 5) is 16.8. The summed E-state index contributed by atoms with van der Waals surface area (Å²) in [5.41, 5.74) is 1.88. The summed E-state index contributed by atoms with van der Waals surface area (Å²) in [7, 11) is 0. The number of benzene rings is 2. The number of nitrogens with zero attached hydrogens (tertiary/aromatic N) is 1. The molecule has 0 atom stereocenters. The van der Waals surface area contributed by atoms with E-state index in [9.17, 15) is 4.79 Å². The van der Waals surface area contributed by atoms with Gasteiger partial charge in [0, 0.05) is 15.2 Å². The zero-order chi connectivity index (χ0) is 17.4. The third kappa shape index (κ3) is 3.33. The Balaban J connectivity index is 1.72. The molecule has 4 rings (SSSR count). The monoisotopic (exact) mass is 432 g/mol. The van der Waals surface area contributed by atoms with Crippen molar-refractivity contribution in [2.75, 3.05) is 5.32 Å². The van der Waals surface area contributed by atoms with Gasteiger partial charge >= 0.3 is 5.63 Å². The predicted molar refractivity (Wildman–Crippen MR) is 106 cm³/mol. The first-order valence-corrected chi connectivity index (χ1v) is 9.36. The summed E-state index contributed by atoms with van der Waals surface area (Å²) in [6.45, 7) is 0. The highest BCUT2D eigenvalue weighted by molar-refractivity contribution is 9.10. The van der Waals surface area contributed by atoms with Crippen molar-refractivity contribution >= 4 is 60.7 Å². The van der Waals surface area contributed by atoms with Crippen LogP contribution >= 0.6 is 38.9 Å². The average Bonchev–Trinajstić information content (AvgIpc) is 3.05. The summed E-state index contributed by atoms with van der Waals surface area (Å²) >= 11 is 11.0. The molecule has 0 saturated carbocycles. The van der Waals surface area contributed by atoms with E-state index in [4.69, 9.17) is 16.0 Å². The maximum atomic E-state index is 12.3. The van der Waals surface area contributed by atoms with E-state index < -0.39 is 5.63 Å². The standard InChI is InChI=1S/C18H10BrClN2O2S/c19-11-5-6-16-10(7-11)8-12(17(23)24-16)15-9-25-18(22-15)21-14-4-2-1-3-13(14)20/h1-9H,(H,21,22). The van der Waals surface area contributed by atoms with Crippen LogP contribution in [0.25, 0.3) is 22.2 Å². The highest BCUT2D eigenvalue weighted by Crippen LogP contribution is 2.30. The van der Waals surface area contributed by atoms with E-state index in [2.05, 4.69) is 26.2 Å². The minimum absolute atomic E-state index is 0.413. The van der Waals surface area contributed by atoms with Gasteiger partial charge in [0.15, 0.2) is 5.13 Å². The highest BCUT2D eigenvalue weighted by Gasteiger charge is 2.12. The van der Waals surface area contributed by atoms with Crippen LogP contribution in [0.5, 0.6) is 0 Å². The molecule has 1 N–H and O–H groups in total. The number of rotatable bonds is 3. The molecule has 0 spiro atoms. The molecule has 2 aromatic heterocycles. The topological polar surface area (TPSA) is 55.1 Å². The van der Waals surface area contributed by atoms with Gasteiger partial charge in [0.05, 0.1) is 22.0 Å². The van der Waals surface area contributed by atoms with Gasteiger partial charge in [-0.3, -0.25) is 0 Å². The van der Waals surface area contributed by atoms with E-state index in [1.165, 1.54) is 11.3 Å². The van der Waals surface area contributed by atoms with Crippen molar-refractivity contribution in [2.45, 2.75) is 0 Å². The zero-order valence-electron chi connectivity index (χ0n) is 12.6. The van der Waals surface area contributed by atoms with Crippen molar-refractivity contribution in [3.63, 3.8) is 0 Å². The Labute approximate surface area is 160 Å². The van der Waals surface area contributed by atoms with Gasteiger partial charge in [-0.25, -0.2) is 9.78 Å². The van der Waals surface area contributed by atoms with Gasteiger partial charge in [0.2, 0.25) is 0 Å². The quantitative estimate of drug-likeness (QED) is 0.398. The molecule has 7 heteroatoms. The van der Waals surface area contributed by atoms with E-state index in [0.29, 0.717) is 27.0 Å². The molecular formula is C18H10BrClN2O2S. The highest BCUT2D eigenvalue weighted by atomic mass is 79.9. The molecule has 0 aliphatic heterocycles. The zero-order valence-corrected chi connectivity index (χ0v) is 15.8. The Bertz CT molecular complexity index is 1140. The first kappa shape index (κ1) is 16.3. The first-order chi connectivity index (χ1) is 12.1. The van der Waals surface area contributed by atoms with E-state index in [-0.39, 0.29) is 0 Å². The first-order valence-electron chi connectivity index (χ1n) is 7.31. The largest absolute Gasteiger partial charge is 0.422 e. The Morgan fingerprint density at radius 1 is 1.16 bits per heavy atom. The van der Waals surface area contributed by atoms with Gasteiger partial charge in [-0.15, -0.1) is 11.3 Å². The molecule has 0 aliphatic carbocycles. The number of para-hydroxylation sites is 1. The molecule has 0 aliphatic rings. The molecule has 0 radical (unpaired) electrons. The molecule has 2 heterocycles. The van der Waals surface area contributed by atoms with Crippen molar-refractivity contribution in [3.05, 3.63) is 73.8 Å². The van der Waals surface area contributed by atoms with Crippen LogP contribution in [0.2, 0.25) is 5.02 Å². The molecule has 0 saturated heterocycles.